The van der Waals surface area contributed by atoms with E-state index in [4.69, 9.17) is 0 Å². The van der Waals surface area contributed by atoms with Crippen LogP contribution in [-0.4, -0.2) is 33.2 Å². The molecule has 1 fully saturated rings. The van der Waals surface area contributed by atoms with Crippen molar-refractivity contribution in [2.75, 3.05) is 0 Å². The molecule has 81 heavy (non-hydrogen) atoms. The third kappa shape index (κ3) is 10.2. The standard InChI is InChI=1S/C75H64N2O4/c78-71(76-69(67-31-15-27-59-21-9-11-29-65(59)67)74(80,47-51-33-37-55-17-1-5-23-61(55)43-51)48-52-34-38-56-18-2-6-24-62(56)44-52)73(41-13-14-42-73)72(79)77-70(68-32-16-28-60-22-10-12-30-66(60)68)75(81,49-53-35-39-57-19-3-7-25-63(57)45-53)50-54-36-40-58-20-4-8-26-64(58)46-54/h1-12,15-40,43-46,69-70,80-81H,13-14,41-42,47-50H2,(H,76,78)(H,77,79)/t69-,70-/m0/s1. The number of carbonyl (C=O) groups is 2. The third-order valence-corrected chi connectivity index (χ3v) is 17.5. The maximum absolute atomic E-state index is 16.3. The highest BCUT2D eigenvalue weighted by Crippen LogP contribution is 2.45. The van der Waals surface area contributed by atoms with Crippen LogP contribution in [0.25, 0.3) is 64.6 Å². The van der Waals surface area contributed by atoms with Crippen LogP contribution in [0.4, 0.5) is 0 Å². The summed E-state index contributed by atoms with van der Waals surface area (Å²) in [5.74, 6) is -0.898. The van der Waals surface area contributed by atoms with Gasteiger partial charge in [0.25, 0.3) is 0 Å². The van der Waals surface area contributed by atoms with Gasteiger partial charge in [0.15, 0.2) is 0 Å². The third-order valence-electron chi connectivity index (χ3n) is 17.5. The molecule has 6 nitrogen and oxygen atoms in total. The smallest absolute Gasteiger partial charge is 0.236 e. The molecule has 0 aliphatic heterocycles. The Morgan fingerprint density at radius 1 is 0.346 bits per heavy atom. The molecule has 1 aliphatic carbocycles. The van der Waals surface area contributed by atoms with E-state index in [9.17, 15) is 10.2 Å². The topological polar surface area (TPSA) is 98.7 Å². The van der Waals surface area contributed by atoms with E-state index in [0.29, 0.717) is 12.8 Å². The minimum absolute atomic E-state index is 0.192. The quantitative estimate of drug-likeness (QED) is 0.0725. The molecule has 6 heteroatoms. The Morgan fingerprint density at radius 3 is 0.938 bits per heavy atom. The fourth-order valence-electron chi connectivity index (χ4n) is 13.4. The van der Waals surface area contributed by atoms with E-state index < -0.39 is 40.5 Å². The van der Waals surface area contributed by atoms with Gasteiger partial charge < -0.3 is 20.8 Å². The molecule has 2 amide bonds. The van der Waals surface area contributed by atoms with Gasteiger partial charge in [0.2, 0.25) is 11.8 Å². The highest BCUT2D eigenvalue weighted by molar-refractivity contribution is 6.06. The van der Waals surface area contributed by atoms with Crippen LogP contribution in [0.2, 0.25) is 0 Å². The number of amides is 2. The fourth-order valence-corrected chi connectivity index (χ4v) is 13.4. The molecule has 0 aromatic heterocycles. The van der Waals surface area contributed by atoms with Gasteiger partial charge in [-0.05, 0) is 111 Å². The van der Waals surface area contributed by atoms with Crippen molar-refractivity contribution >= 4 is 76.4 Å². The second kappa shape index (κ2) is 21.6. The summed E-state index contributed by atoms with van der Waals surface area (Å²) in [6.45, 7) is 0. The number of hydrogen-bond acceptors (Lipinski definition) is 4. The van der Waals surface area contributed by atoms with Crippen LogP contribution >= 0.6 is 0 Å². The average molecular weight is 1060 g/mol. The highest BCUT2D eigenvalue weighted by atomic mass is 16.3. The summed E-state index contributed by atoms with van der Waals surface area (Å²) in [5, 5.41) is 47.6. The minimum Gasteiger partial charge on any atom is -0.387 e. The molecule has 0 radical (unpaired) electrons. The lowest BCUT2D eigenvalue weighted by Crippen LogP contribution is -2.58. The van der Waals surface area contributed by atoms with E-state index in [0.717, 1.165) is 98.0 Å². The second-order valence-electron chi connectivity index (χ2n) is 22.9. The molecular weight excluding hydrogens is 993 g/mol. The molecule has 0 spiro atoms. The Hall–Kier alpha value is -8.94. The Balaban J connectivity index is 0.940. The average Bonchev–Trinajstić information content (AvgIpc) is 4.17. The van der Waals surface area contributed by atoms with Crippen LogP contribution in [0.3, 0.4) is 0 Å². The number of nitrogens with one attached hydrogen (secondary N) is 2. The van der Waals surface area contributed by atoms with Crippen LogP contribution < -0.4 is 10.6 Å². The zero-order chi connectivity index (χ0) is 55.0. The number of benzene rings is 12. The molecule has 0 unspecified atom stereocenters. The Labute approximate surface area is 472 Å². The highest BCUT2D eigenvalue weighted by Gasteiger charge is 2.53. The van der Waals surface area contributed by atoms with E-state index in [1.54, 1.807) is 0 Å². The summed E-state index contributed by atoms with van der Waals surface area (Å²) in [6.07, 6.45) is 2.64. The van der Waals surface area contributed by atoms with Crippen molar-refractivity contribution in [2.45, 2.75) is 74.7 Å². The number of aliphatic hydroxyl groups is 2. The monoisotopic (exact) mass is 1060 g/mol. The molecule has 0 bridgehead atoms. The molecule has 1 saturated carbocycles. The Morgan fingerprint density at radius 2 is 0.617 bits per heavy atom. The van der Waals surface area contributed by atoms with Crippen molar-refractivity contribution in [3.05, 3.63) is 288 Å². The Kier molecular flexibility index (Phi) is 13.7. The van der Waals surface area contributed by atoms with Gasteiger partial charge in [-0.2, -0.15) is 0 Å². The van der Waals surface area contributed by atoms with Crippen LogP contribution in [-0.2, 0) is 35.3 Å². The zero-order valence-electron chi connectivity index (χ0n) is 45.3. The molecule has 12 aromatic rings. The lowest BCUT2D eigenvalue weighted by atomic mass is 9.75. The molecule has 4 N–H and O–H groups in total. The van der Waals surface area contributed by atoms with E-state index in [1.165, 1.54) is 0 Å². The summed E-state index contributed by atoms with van der Waals surface area (Å²) in [6, 6.07) is 84.5. The van der Waals surface area contributed by atoms with Crippen molar-refractivity contribution < 1.29 is 19.8 Å². The summed E-state index contributed by atoms with van der Waals surface area (Å²) >= 11 is 0. The number of carbonyl (C=O) groups excluding carboxylic acids is 2. The van der Waals surface area contributed by atoms with Crippen LogP contribution in [0.15, 0.2) is 255 Å². The largest absolute Gasteiger partial charge is 0.387 e. The summed E-state index contributed by atoms with van der Waals surface area (Å²) in [4.78, 5) is 32.6. The van der Waals surface area contributed by atoms with Crippen molar-refractivity contribution in [3.8, 4) is 0 Å². The van der Waals surface area contributed by atoms with E-state index >= 15 is 9.59 Å². The first-order valence-electron chi connectivity index (χ1n) is 28.5. The van der Waals surface area contributed by atoms with Gasteiger partial charge in [-0.1, -0.05) is 268 Å². The van der Waals surface area contributed by atoms with E-state index in [2.05, 4.69) is 168 Å². The molecule has 398 valence electrons. The predicted octanol–water partition coefficient (Wildman–Crippen LogP) is 15.6. The van der Waals surface area contributed by atoms with Gasteiger partial charge in [-0.25, -0.2) is 0 Å². The van der Waals surface area contributed by atoms with Crippen LogP contribution in [0.1, 0.15) is 71.1 Å². The molecule has 0 saturated heterocycles. The normalized spacial score (nSPS) is 14.4. The van der Waals surface area contributed by atoms with Crippen molar-refractivity contribution in [1.29, 1.82) is 0 Å². The lowest BCUT2D eigenvalue weighted by Gasteiger charge is -2.42. The van der Waals surface area contributed by atoms with Gasteiger partial charge in [0.1, 0.15) is 5.41 Å². The second-order valence-corrected chi connectivity index (χ2v) is 22.9. The molecular formula is C75H64N2O4. The van der Waals surface area contributed by atoms with Crippen LogP contribution in [0, 0.1) is 5.41 Å². The molecule has 2 atom stereocenters. The number of fused-ring (bicyclic) bond motifs is 6. The maximum atomic E-state index is 16.3. The number of rotatable bonds is 16. The first-order valence-corrected chi connectivity index (χ1v) is 28.5. The fraction of sp³-hybridized carbons (Fsp3) is 0.173. The summed E-state index contributed by atoms with van der Waals surface area (Å²) in [7, 11) is 0. The summed E-state index contributed by atoms with van der Waals surface area (Å²) in [5.41, 5.74) is 0.351. The van der Waals surface area contributed by atoms with Gasteiger partial charge >= 0.3 is 0 Å². The lowest BCUT2D eigenvalue weighted by molar-refractivity contribution is -0.147. The van der Waals surface area contributed by atoms with Gasteiger partial charge in [0.05, 0.1) is 23.3 Å². The molecule has 12 aromatic carbocycles. The predicted molar refractivity (Wildman–Crippen MR) is 331 cm³/mol. The van der Waals surface area contributed by atoms with Gasteiger partial charge in [0, 0.05) is 25.7 Å². The first kappa shape index (κ1) is 51.5. The molecule has 1 aliphatic rings. The summed E-state index contributed by atoms with van der Waals surface area (Å²) < 4.78 is 0. The maximum Gasteiger partial charge on any atom is 0.236 e. The van der Waals surface area contributed by atoms with Crippen molar-refractivity contribution in [3.63, 3.8) is 0 Å². The first-order chi connectivity index (χ1) is 39.6. The molecule has 0 heterocycles. The zero-order valence-corrected chi connectivity index (χ0v) is 45.3. The Bertz CT molecular complexity index is 3880. The van der Waals surface area contributed by atoms with Crippen molar-refractivity contribution in [1.82, 2.24) is 10.6 Å². The SMILES string of the molecule is O=C(N[C@@H](c1cccc2ccccc12)C(O)(Cc1ccc2ccccc2c1)Cc1ccc2ccccc2c1)C1(C(=O)N[C@@H](c2cccc3ccccc23)C(O)(Cc2ccc3ccccc3c2)Cc2ccc3ccccc3c2)CCCC1. The van der Waals surface area contributed by atoms with Gasteiger partial charge in [-0.15, -0.1) is 0 Å². The molecule has 13 rings (SSSR count). The van der Waals surface area contributed by atoms with Crippen LogP contribution in [0.5, 0.6) is 0 Å². The van der Waals surface area contributed by atoms with E-state index in [1.807, 2.05) is 97.1 Å². The minimum atomic E-state index is -1.63. The van der Waals surface area contributed by atoms with E-state index in [-0.39, 0.29) is 38.5 Å². The number of hydrogen-bond donors (Lipinski definition) is 4. The van der Waals surface area contributed by atoms with Crippen molar-refractivity contribution in [2.24, 2.45) is 5.41 Å². The van der Waals surface area contributed by atoms with Gasteiger partial charge in [-0.3, -0.25) is 9.59 Å².